The maximum atomic E-state index is 13.1. The Labute approximate surface area is 153 Å². The van der Waals surface area contributed by atoms with Gasteiger partial charge in [0.2, 0.25) is 5.91 Å². The van der Waals surface area contributed by atoms with Gasteiger partial charge in [0.25, 0.3) is 5.91 Å². The molecule has 2 aromatic rings. The van der Waals surface area contributed by atoms with Crippen LogP contribution in [0.4, 0.5) is 0 Å². The van der Waals surface area contributed by atoms with Crippen molar-refractivity contribution in [1.29, 1.82) is 0 Å². The monoisotopic (exact) mass is 358 g/mol. The van der Waals surface area contributed by atoms with E-state index in [1.54, 1.807) is 7.11 Å². The van der Waals surface area contributed by atoms with E-state index in [0.717, 1.165) is 24.6 Å². The molecular formula is C20H26N2O4. The zero-order valence-corrected chi connectivity index (χ0v) is 15.4. The lowest BCUT2D eigenvalue weighted by molar-refractivity contribution is -0.128. The molecule has 140 valence electrons. The van der Waals surface area contributed by atoms with Gasteiger partial charge in [-0.1, -0.05) is 37.5 Å². The second-order valence-corrected chi connectivity index (χ2v) is 6.80. The van der Waals surface area contributed by atoms with Gasteiger partial charge < -0.3 is 19.8 Å². The van der Waals surface area contributed by atoms with E-state index in [0.29, 0.717) is 30.5 Å². The first-order chi connectivity index (χ1) is 12.6. The second-order valence-electron chi connectivity index (χ2n) is 6.80. The number of amides is 2. The quantitative estimate of drug-likeness (QED) is 0.831. The third-order valence-electron chi connectivity index (χ3n) is 5.03. The van der Waals surface area contributed by atoms with E-state index >= 15 is 0 Å². The number of nitrogens with one attached hydrogen (secondary N) is 2. The van der Waals surface area contributed by atoms with Crippen LogP contribution in [0.15, 0.2) is 28.7 Å². The molecule has 1 aliphatic rings. The van der Waals surface area contributed by atoms with Gasteiger partial charge in [-0.05, 0) is 25.8 Å². The predicted octanol–water partition coefficient (Wildman–Crippen LogP) is 3.15. The maximum absolute atomic E-state index is 13.1. The lowest BCUT2D eigenvalue weighted by Gasteiger charge is -2.36. The lowest BCUT2D eigenvalue weighted by Crippen LogP contribution is -2.59. The molecule has 1 aromatic carbocycles. The van der Waals surface area contributed by atoms with Gasteiger partial charge in [-0.3, -0.25) is 9.59 Å². The minimum atomic E-state index is -0.866. The van der Waals surface area contributed by atoms with Crippen LogP contribution >= 0.6 is 0 Å². The lowest BCUT2D eigenvalue weighted by atomic mass is 9.80. The molecule has 0 spiro atoms. The van der Waals surface area contributed by atoms with Crippen molar-refractivity contribution in [3.63, 3.8) is 0 Å². The largest absolute Gasteiger partial charge is 0.451 e. The number of benzene rings is 1. The molecular weight excluding hydrogens is 332 g/mol. The van der Waals surface area contributed by atoms with E-state index in [-0.39, 0.29) is 24.2 Å². The number of carbonyl (C=O) groups excluding carboxylic acids is 2. The zero-order valence-electron chi connectivity index (χ0n) is 15.4. The molecule has 3 rings (SSSR count). The average molecular weight is 358 g/mol. The maximum Gasteiger partial charge on any atom is 0.288 e. The van der Waals surface area contributed by atoms with E-state index < -0.39 is 5.54 Å². The van der Waals surface area contributed by atoms with E-state index in [2.05, 4.69) is 10.6 Å². The van der Waals surface area contributed by atoms with Gasteiger partial charge in [0.05, 0.1) is 6.61 Å². The van der Waals surface area contributed by atoms with E-state index in [4.69, 9.17) is 9.15 Å². The summed E-state index contributed by atoms with van der Waals surface area (Å²) >= 11 is 0. The van der Waals surface area contributed by atoms with Crippen molar-refractivity contribution in [3.05, 3.63) is 35.6 Å². The third-order valence-corrected chi connectivity index (χ3v) is 5.03. The fourth-order valence-corrected chi connectivity index (χ4v) is 3.74. The Morgan fingerprint density at radius 1 is 1.19 bits per heavy atom. The van der Waals surface area contributed by atoms with Gasteiger partial charge in [0.1, 0.15) is 11.1 Å². The van der Waals surface area contributed by atoms with Crippen LogP contribution in [0.25, 0.3) is 11.0 Å². The number of hydrogen-bond acceptors (Lipinski definition) is 4. The van der Waals surface area contributed by atoms with Crippen molar-refractivity contribution in [2.75, 3.05) is 13.7 Å². The smallest absolute Gasteiger partial charge is 0.288 e. The number of fused-ring (bicyclic) bond motifs is 1. The number of hydrogen-bond donors (Lipinski definition) is 2. The molecule has 1 aliphatic carbocycles. The van der Waals surface area contributed by atoms with Crippen LogP contribution in [-0.4, -0.2) is 31.0 Å². The molecule has 2 amide bonds. The number of methoxy groups -OCH3 is 1. The molecule has 0 unspecified atom stereocenters. The number of rotatable bonds is 6. The average Bonchev–Trinajstić information content (AvgIpc) is 3.02. The molecule has 1 heterocycles. The van der Waals surface area contributed by atoms with Gasteiger partial charge in [-0.2, -0.15) is 0 Å². The molecule has 0 saturated heterocycles. The Balaban J connectivity index is 1.93. The van der Waals surface area contributed by atoms with Crippen molar-refractivity contribution in [2.24, 2.45) is 0 Å². The first kappa shape index (κ1) is 18.5. The summed E-state index contributed by atoms with van der Waals surface area (Å²) in [7, 11) is 1.58. The highest BCUT2D eigenvalue weighted by Gasteiger charge is 2.41. The van der Waals surface area contributed by atoms with Crippen LogP contribution < -0.4 is 10.6 Å². The topological polar surface area (TPSA) is 80.6 Å². The van der Waals surface area contributed by atoms with Crippen LogP contribution in [0.3, 0.4) is 0 Å². The molecule has 2 N–H and O–H groups in total. The number of carbonyl (C=O) groups is 2. The zero-order chi connectivity index (χ0) is 18.6. The molecule has 1 aromatic heterocycles. The van der Waals surface area contributed by atoms with Crippen molar-refractivity contribution in [1.82, 2.24) is 10.6 Å². The summed E-state index contributed by atoms with van der Waals surface area (Å²) in [5, 5.41) is 6.72. The molecule has 0 atom stereocenters. The van der Waals surface area contributed by atoms with E-state index in [9.17, 15) is 9.59 Å². The minimum absolute atomic E-state index is 0.113. The first-order valence-electron chi connectivity index (χ1n) is 9.21. The molecule has 1 fully saturated rings. The number of para-hydroxylation sites is 1. The Morgan fingerprint density at radius 3 is 2.62 bits per heavy atom. The highest BCUT2D eigenvalue weighted by Crippen LogP contribution is 2.31. The number of ether oxygens (including phenoxy) is 1. The van der Waals surface area contributed by atoms with E-state index in [1.807, 2.05) is 31.2 Å². The normalized spacial score (nSPS) is 16.4. The van der Waals surface area contributed by atoms with Crippen molar-refractivity contribution in [2.45, 2.75) is 51.2 Å². The van der Waals surface area contributed by atoms with Crippen LogP contribution in [-0.2, 0) is 16.1 Å². The van der Waals surface area contributed by atoms with Gasteiger partial charge in [0.15, 0.2) is 5.76 Å². The summed E-state index contributed by atoms with van der Waals surface area (Å²) in [5.74, 6) is -0.249. The second kappa shape index (κ2) is 7.91. The molecule has 0 aliphatic heterocycles. The van der Waals surface area contributed by atoms with Crippen molar-refractivity contribution in [3.8, 4) is 0 Å². The Kier molecular flexibility index (Phi) is 5.61. The van der Waals surface area contributed by atoms with Gasteiger partial charge in [-0.15, -0.1) is 0 Å². The Hall–Kier alpha value is -2.34. The van der Waals surface area contributed by atoms with Crippen molar-refractivity contribution < 1.29 is 18.7 Å². The predicted molar refractivity (Wildman–Crippen MR) is 98.9 cm³/mol. The summed E-state index contributed by atoms with van der Waals surface area (Å²) in [4.78, 5) is 25.7. The summed E-state index contributed by atoms with van der Waals surface area (Å²) in [6.45, 7) is 2.69. The van der Waals surface area contributed by atoms with Gasteiger partial charge in [0, 0.05) is 24.6 Å². The van der Waals surface area contributed by atoms with Gasteiger partial charge >= 0.3 is 0 Å². The van der Waals surface area contributed by atoms with Crippen LogP contribution in [0.1, 0.15) is 55.1 Å². The van der Waals surface area contributed by atoms with E-state index in [1.165, 1.54) is 0 Å². The Morgan fingerprint density at radius 2 is 1.92 bits per heavy atom. The summed E-state index contributed by atoms with van der Waals surface area (Å²) in [5.41, 5.74) is 0.483. The first-order valence-corrected chi connectivity index (χ1v) is 9.21. The van der Waals surface area contributed by atoms with Crippen LogP contribution in [0.2, 0.25) is 0 Å². The summed E-state index contributed by atoms with van der Waals surface area (Å²) < 4.78 is 11.1. The third kappa shape index (κ3) is 3.46. The summed E-state index contributed by atoms with van der Waals surface area (Å²) in [6, 6.07) is 7.49. The van der Waals surface area contributed by atoms with Gasteiger partial charge in [-0.25, -0.2) is 0 Å². The fraction of sp³-hybridized carbons (Fsp3) is 0.500. The summed E-state index contributed by atoms with van der Waals surface area (Å²) in [6.07, 6.45) is 4.20. The molecule has 1 saturated carbocycles. The van der Waals surface area contributed by atoms with Crippen molar-refractivity contribution >= 4 is 22.8 Å². The SMILES string of the molecule is CCNC(=O)C1(NC(=O)c2oc3ccccc3c2COC)CCCCC1. The standard InChI is InChI=1S/C20H26N2O4/c1-3-21-19(24)20(11-7-4-8-12-20)22-18(23)17-15(13-25-2)14-9-5-6-10-16(14)26-17/h5-6,9-10H,3-4,7-8,11-13H2,1-2H3,(H,21,24)(H,22,23). The molecule has 0 radical (unpaired) electrons. The fourth-order valence-electron chi connectivity index (χ4n) is 3.74. The Bertz CT molecular complexity index is 790. The highest BCUT2D eigenvalue weighted by atomic mass is 16.5. The minimum Gasteiger partial charge on any atom is -0.451 e. The molecule has 6 nitrogen and oxygen atoms in total. The molecule has 26 heavy (non-hydrogen) atoms. The van der Waals surface area contributed by atoms with Crippen LogP contribution in [0.5, 0.6) is 0 Å². The van der Waals surface area contributed by atoms with Crippen LogP contribution in [0, 0.1) is 0 Å². The number of likely N-dealkylation sites (N-methyl/N-ethyl adjacent to an activating group) is 1. The molecule has 6 heteroatoms. The highest BCUT2D eigenvalue weighted by molar-refractivity contribution is 6.02. The molecule has 0 bridgehead atoms. The number of furan rings is 1.